The highest BCUT2D eigenvalue weighted by Gasteiger charge is 2.17. The summed E-state index contributed by atoms with van der Waals surface area (Å²) < 4.78 is 0. The molecule has 1 N–H and O–H groups in total. The van der Waals surface area contributed by atoms with E-state index >= 15 is 0 Å². The maximum Gasteiger partial charge on any atom is 0.00965 e. The molecular weight excluding hydrogens is 158 g/mol. The zero-order chi connectivity index (χ0) is 10.5. The largest absolute Gasteiger partial charge is 0.312 e. The van der Waals surface area contributed by atoms with Crippen LogP contribution >= 0.6 is 0 Å². The van der Waals surface area contributed by atoms with Gasteiger partial charge in [0.15, 0.2) is 0 Å². The van der Waals surface area contributed by atoms with Gasteiger partial charge in [0, 0.05) is 5.54 Å². The molecule has 1 heteroatoms. The van der Waals surface area contributed by atoms with Gasteiger partial charge in [0.1, 0.15) is 0 Å². The molecule has 0 rings (SSSR count). The van der Waals surface area contributed by atoms with E-state index in [0.717, 1.165) is 6.54 Å². The third-order valence-electron chi connectivity index (χ3n) is 2.38. The molecule has 0 aliphatic carbocycles. The molecule has 0 aliphatic rings. The van der Waals surface area contributed by atoms with Gasteiger partial charge in [-0.1, -0.05) is 27.2 Å². The fourth-order valence-corrected chi connectivity index (χ4v) is 1.58. The van der Waals surface area contributed by atoms with Crippen LogP contribution in [0.15, 0.2) is 0 Å². The Bertz CT molecular complexity index is 131. The van der Waals surface area contributed by atoms with Crippen molar-refractivity contribution in [3.8, 4) is 0 Å². The molecule has 0 saturated carbocycles. The number of hydrogen-bond acceptors (Lipinski definition) is 1. The van der Waals surface area contributed by atoms with E-state index < -0.39 is 0 Å². The average molecular weight is 185 g/mol. The SMILES string of the molecule is CCCC(C)(C)CCNC(C)(C)C. The van der Waals surface area contributed by atoms with E-state index in [1.54, 1.807) is 0 Å². The van der Waals surface area contributed by atoms with E-state index in [1.165, 1.54) is 19.3 Å². The molecule has 1 nitrogen and oxygen atoms in total. The fraction of sp³-hybridized carbons (Fsp3) is 1.00. The van der Waals surface area contributed by atoms with Gasteiger partial charge in [0.25, 0.3) is 0 Å². The Morgan fingerprint density at radius 3 is 1.85 bits per heavy atom. The molecule has 0 spiro atoms. The molecule has 0 radical (unpaired) electrons. The van der Waals surface area contributed by atoms with Crippen LogP contribution in [0.2, 0.25) is 0 Å². The minimum Gasteiger partial charge on any atom is -0.312 e. The van der Waals surface area contributed by atoms with E-state index in [1.807, 2.05) is 0 Å². The lowest BCUT2D eigenvalue weighted by atomic mass is 9.84. The van der Waals surface area contributed by atoms with Crippen LogP contribution < -0.4 is 5.32 Å². The summed E-state index contributed by atoms with van der Waals surface area (Å²) in [5.74, 6) is 0. The van der Waals surface area contributed by atoms with Gasteiger partial charge in [0.05, 0.1) is 0 Å². The quantitative estimate of drug-likeness (QED) is 0.690. The van der Waals surface area contributed by atoms with Crippen LogP contribution in [0.3, 0.4) is 0 Å². The Morgan fingerprint density at radius 1 is 0.923 bits per heavy atom. The molecule has 80 valence electrons. The second kappa shape index (κ2) is 4.99. The van der Waals surface area contributed by atoms with Crippen LogP contribution in [-0.2, 0) is 0 Å². The summed E-state index contributed by atoms with van der Waals surface area (Å²) in [5, 5.41) is 3.54. The Balaban J connectivity index is 3.63. The van der Waals surface area contributed by atoms with Crippen molar-refractivity contribution < 1.29 is 0 Å². The smallest absolute Gasteiger partial charge is 0.00965 e. The molecule has 0 aliphatic heterocycles. The molecule has 0 aromatic rings. The molecule has 0 fully saturated rings. The maximum atomic E-state index is 3.54. The molecule has 13 heavy (non-hydrogen) atoms. The van der Waals surface area contributed by atoms with E-state index in [0.29, 0.717) is 5.41 Å². The van der Waals surface area contributed by atoms with Gasteiger partial charge in [-0.15, -0.1) is 0 Å². The Morgan fingerprint density at radius 2 is 1.46 bits per heavy atom. The van der Waals surface area contributed by atoms with Crippen molar-refractivity contribution in [3.05, 3.63) is 0 Å². The minimum absolute atomic E-state index is 0.266. The summed E-state index contributed by atoms with van der Waals surface area (Å²) in [6.45, 7) is 14.8. The van der Waals surface area contributed by atoms with E-state index in [2.05, 4.69) is 46.9 Å². The normalized spacial score (nSPS) is 13.4. The molecule has 0 heterocycles. The first-order valence-corrected chi connectivity index (χ1v) is 5.52. The molecular formula is C12H27N. The third kappa shape index (κ3) is 8.29. The van der Waals surface area contributed by atoms with Crippen LogP contribution in [0.1, 0.15) is 60.8 Å². The molecule has 0 unspecified atom stereocenters. The van der Waals surface area contributed by atoms with Crippen molar-refractivity contribution in [2.45, 2.75) is 66.3 Å². The molecule has 0 aromatic carbocycles. The predicted molar refractivity (Wildman–Crippen MR) is 61.1 cm³/mol. The second-order valence-electron chi connectivity index (χ2n) is 5.84. The highest BCUT2D eigenvalue weighted by Crippen LogP contribution is 2.25. The number of nitrogens with one attached hydrogen (secondary N) is 1. The van der Waals surface area contributed by atoms with Crippen molar-refractivity contribution in [2.75, 3.05) is 6.54 Å². The standard InChI is InChI=1S/C12H27N/c1-7-8-12(5,6)9-10-13-11(2,3)4/h13H,7-10H2,1-6H3. The lowest BCUT2D eigenvalue weighted by Crippen LogP contribution is -2.37. The molecule has 0 bridgehead atoms. The van der Waals surface area contributed by atoms with Crippen molar-refractivity contribution in [1.82, 2.24) is 5.32 Å². The molecule has 0 amide bonds. The van der Waals surface area contributed by atoms with Crippen LogP contribution in [0.25, 0.3) is 0 Å². The lowest BCUT2D eigenvalue weighted by molar-refractivity contribution is 0.282. The third-order valence-corrected chi connectivity index (χ3v) is 2.38. The monoisotopic (exact) mass is 185 g/mol. The zero-order valence-electron chi connectivity index (χ0n) is 10.3. The first-order chi connectivity index (χ1) is 5.77. The van der Waals surface area contributed by atoms with Gasteiger partial charge < -0.3 is 5.32 Å². The average Bonchev–Trinajstić information content (AvgIpc) is 1.82. The van der Waals surface area contributed by atoms with Crippen molar-refractivity contribution in [1.29, 1.82) is 0 Å². The summed E-state index contributed by atoms with van der Waals surface area (Å²) in [4.78, 5) is 0. The summed E-state index contributed by atoms with van der Waals surface area (Å²) in [5.41, 5.74) is 0.773. The number of hydrogen-bond donors (Lipinski definition) is 1. The van der Waals surface area contributed by atoms with E-state index in [4.69, 9.17) is 0 Å². The summed E-state index contributed by atoms with van der Waals surface area (Å²) in [6, 6.07) is 0. The van der Waals surface area contributed by atoms with Crippen molar-refractivity contribution in [3.63, 3.8) is 0 Å². The first kappa shape index (κ1) is 13.0. The van der Waals surface area contributed by atoms with Crippen LogP contribution in [-0.4, -0.2) is 12.1 Å². The first-order valence-electron chi connectivity index (χ1n) is 5.52. The van der Waals surface area contributed by atoms with Crippen molar-refractivity contribution in [2.24, 2.45) is 5.41 Å². The zero-order valence-corrected chi connectivity index (χ0v) is 10.3. The van der Waals surface area contributed by atoms with E-state index in [9.17, 15) is 0 Å². The Hall–Kier alpha value is -0.0400. The fourth-order valence-electron chi connectivity index (χ4n) is 1.58. The van der Waals surface area contributed by atoms with Crippen LogP contribution in [0.5, 0.6) is 0 Å². The minimum atomic E-state index is 0.266. The molecule has 0 saturated heterocycles. The van der Waals surface area contributed by atoms with Gasteiger partial charge in [-0.25, -0.2) is 0 Å². The van der Waals surface area contributed by atoms with Crippen molar-refractivity contribution >= 4 is 0 Å². The van der Waals surface area contributed by atoms with Gasteiger partial charge in [-0.2, -0.15) is 0 Å². The van der Waals surface area contributed by atoms with Gasteiger partial charge in [-0.3, -0.25) is 0 Å². The summed E-state index contributed by atoms with van der Waals surface area (Å²) >= 11 is 0. The predicted octanol–water partition coefficient (Wildman–Crippen LogP) is 3.59. The molecule has 0 aromatic heterocycles. The summed E-state index contributed by atoms with van der Waals surface area (Å²) in [7, 11) is 0. The lowest BCUT2D eigenvalue weighted by Gasteiger charge is -2.27. The van der Waals surface area contributed by atoms with Gasteiger partial charge in [0.2, 0.25) is 0 Å². The topological polar surface area (TPSA) is 12.0 Å². The highest BCUT2D eigenvalue weighted by atomic mass is 14.9. The van der Waals surface area contributed by atoms with Crippen LogP contribution in [0, 0.1) is 5.41 Å². The van der Waals surface area contributed by atoms with Crippen LogP contribution in [0.4, 0.5) is 0 Å². The second-order valence-corrected chi connectivity index (χ2v) is 5.84. The maximum absolute atomic E-state index is 3.54. The molecule has 0 atom stereocenters. The van der Waals surface area contributed by atoms with E-state index in [-0.39, 0.29) is 5.54 Å². The number of rotatable bonds is 5. The Kier molecular flexibility index (Phi) is 4.98. The van der Waals surface area contributed by atoms with Gasteiger partial charge in [-0.05, 0) is 45.6 Å². The van der Waals surface area contributed by atoms with Gasteiger partial charge >= 0.3 is 0 Å². The summed E-state index contributed by atoms with van der Waals surface area (Å²) in [6.07, 6.45) is 3.90. The highest BCUT2D eigenvalue weighted by molar-refractivity contribution is 4.74. The Labute approximate surface area is 84.3 Å².